The third-order valence-electron chi connectivity index (χ3n) is 2.28. The molecule has 2 aromatic carbocycles. The molecule has 1 unspecified atom stereocenters. The first-order valence-corrected chi connectivity index (χ1v) is 6.23. The summed E-state index contributed by atoms with van der Waals surface area (Å²) in [6.45, 7) is 0. The zero-order valence-electron chi connectivity index (χ0n) is 8.83. The fraction of sp³-hybridized carbons (Fsp3) is 0. The van der Waals surface area contributed by atoms with Crippen molar-refractivity contribution in [3.63, 3.8) is 0 Å². The van der Waals surface area contributed by atoms with Crippen LogP contribution in [-0.4, -0.2) is 10.00 Å². The molecule has 1 atom stereocenters. The molecule has 0 aliphatic rings. The molecular formula is C12H11O4P. The Morgan fingerprint density at radius 1 is 0.941 bits per heavy atom. The summed E-state index contributed by atoms with van der Waals surface area (Å²) in [4.78, 5) is 8.81. The van der Waals surface area contributed by atoms with Crippen LogP contribution in [-0.2, 0) is 4.57 Å². The third kappa shape index (κ3) is 2.67. The summed E-state index contributed by atoms with van der Waals surface area (Å²) in [6.07, 6.45) is 0. The summed E-state index contributed by atoms with van der Waals surface area (Å²) >= 11 is 0. The van der Waals surface area contributed by atoms with Crippen LogP contribution in [0.2, 0.25) is 0 Å². The summed E-state index contributed by atoms with van der Waals surface area (Å²) in [5.41, 5.74) is 1.14. The normalized spacial score (nSPS) is 12.1. The van der Waals surface area contributed by atoms with Gasteiger partial charge >= 0.3 is 8.25 Å². The molecule has 17 heavy (non-hydrogen) atoms. The summed E-state index contributed by atoms with van der Waals surface area (Å²) in [6, 6.07) is 13.5. The predicted molar refractivity (Wildman–Crippen MR) is 65.4 cm³/mol. The van der Waals surface area contributed by atoms with Crippen LogP contribution in [0.3, 0.4) is 0 Å². The Hall–Kier alpha value is -1.77. The summed E-state index contributed by atoms with van der Waals surface area (Å²) < 4.78 is 15.6. The van der Waals surface area contributed by atoms with Gasteiger partial charge in [0, 0.05) is 11.1 Å². The molecule has 0 fully saturated rings. The van der Waals surface area contributed by atoms with E-state index in [1.807, 2.05) is 0 Å². The second kappa shape index (κ2) is 5.04. The molecule has 2 N–H and O–H groups in total. The quantitative estimate of drug-likeness (QED) is 0.822. The summed E-state index contributed by atoms with van der Waals surface area (Å²) in [7, 11) is -3.06. The highest BCUT2D eigenvalue weighted by Crippen LogP contribution is 2.38. The number of rotatable bonds is 3. The summed E-state index contributed by atoms with van der Waals surface area (Å²) in [5.74, 6) is 0.376. The van der Waals surface area contributed by atoms with Gasteiger partial charge in [0.15, 0.2) is 0 Å². The van der Waals surface area contributed by atoms with Crippen molar-refractivity contribution in [1.29, 1.82) is 0 Å². The topological polar surface area (TPSA) is 66.8 Å². The molecule has 0 bridgehead atoms. The number of benzene rings is 2. The van der Waals surface area contributed by atoms with E-state index < -0.39 is 8.25 Å². The third-order valence-corrected chi connectivity index (χ3v) is 2.67. The van der Waals surface area contributed by atoms with Crippen molar-refractivity contribution in [2.24, 2.45) is 0 Å². The second-order valence-corrected chi connectivity index (χ2v) is 4.12. The van der Waals surface area contributed by atoms with Gasteiger partial charge in [-0.05, 0) is 12.1 Å². The predicted octanol–water partition coefficient (Wildman–Crippen LogP) is 2.82. The highest BCUT2D eigenvalue weighted by molar-refractivity contribution is 7.32. The molecule has 0 saturated carbocycles. The Morgan fingerprint density at radius 3 is 2.18 bits per heavy atom. The van der Waals surface area contributed by atoms with Crippen LogP contribution in [0.5, 0.6) is 11.5 Å². The Kier molecular flexibility index (Phi) is 3.47. The zero-order valence-corrected chi connectivity index (χ0v) is 9.83. The Morgan fingerprint density at radius 2 is 1.53 bits per heavy atom. The smallest absolute Gasteiger partial charge is 0.365 e. The maximum absolute atomic E-state index is 10.7. The van der Waals surface area contributed by atoms with Gasteiger partial charge in [-0.25, -0.2) is 4.57 Å². The van der Waals surface area contributed by atoms with Crippen LogP contribution in [0.25, 0.3) is 11.1 Å². The minimum Gasteiger partial charge on any atom is -0.507 e. The van der Waals surface area contributed by atoms with Crippen LogP contribution in [0.1, 0.15) is 0 Å². The first kappa shape index (κ1) is 11.7. The average Bonchev–Trinajstić information content (AvgIpc) is 2.30. The van der Waals surface area contributed by atoms with Gasteiger partial charge in [0.2, 0.25) is 0 Å². The number of hydrogen-bond acceptors (Lipinski definition) is 3. The highest BCUT2D eigenvalue weighted by Gasteiger charge is 2.10. The molecule has 0 aliphatic heterocycles. The van der Waals surface area contributed by atoms with Gasteiger partial charge < -0.3 is 14.5 Å². The van der Waals surface area contributed by atoms with Crippen LogP contribution in [0, 0.1) is 0 Å². The van der Waals surface area contributed by atoms with Crippen LogP contribution >= 0.6 is 8.25 Å². The van der Waals surface area contributed by atoms with Crippen molar-refractivity contribution in [3.05, 3.63) is 48.5 Å². The number of phenols is 1. The zero-order chi connectivity index (χ0) is 12.3. The second-order valence-electron chi connectivity index (χ2n) is 3.38. The number of aromatic hydroxyl groups is 1. The monoisotopic (exact) mass is 250 g/mol. The average molecular weight is 250 g/mol. The standard InChI is InChI=1S/C12H11O4P/c13-11-7-3-1-5-9(11)10-6-2-4-8-12(10)16-17(14)15/h1-8,13,17H,(H,14,15). The van der Waals surface area contributed by atoms with Gasteiger partial charge in [-0.2, -0.15) is 0 Å². The molecule has 2 rings (SSSR count). The van der Waals surface area contributed by atoms with E-state index in [-0.39, 0.29) is 11.5 Å². The Labute approximate surface area is 99.1 Å². The lowest BCUT2D eigenvalue weighted by Crippen LogP contribution is -1.86. The van der Waals surface area contributed by atoms with E-state index in [0.717, 1.165) is 0 Å². The van der Waals surface area contributed by atoms with E-state index in [2.05, 4.69) is 0 Å². The molecule has 2 aromatic rings. The van der Waals surface area contributed by atoms with E-state index in [9.17, 15) is 9.67 Å². The molecule has 0 aromatic heterocycles. The molecule has 0 saturated heterocycles. The number of phenolic OH excluding ortho intramolecular Hbond substituents is 1. The fourth-order valence-electron chi connectivity index (χ4n) is 1.57. The van der Waals surface area contributed by atoms with Crippen molar-refractivity contribution in [2.75, 3.05) is 0 Å². The van der Waals surface area contributed by atoms with Crippen LogP contribution in [0.15, 0.2) is 48.5 Å². The Balaban J connectivity index is 2.52. The maximum atomic E-state index is 10.7. The van der Waals surface area contributed by atoms with E-state index in [1.54, 1.807) is 48.5 Å². The van der Waals surface area contributed by atoms with Crippen molar-refractivity contribution < 1.29 is 19.1 Å². The molecule has 0 amide bonds. The largest absolute Gasteiger partial charge is 0.507 e. The number of hydrogen-bond donors (Lipinski definition) is 2. The molecule has 5 heteroatoms. The van der Waals surface area contributed by atoms with Crippen LogP contribution < -0.4 is 4.52 Å². The van der Waals surface area contributed by atoms with Crippen LogP contribution in [0.4, 0.5) is 0 Å². The van der Waals surface area contributed by atoms with Gasteiger partial charge in [-0.15, -0.1) is 0 Å². The van der Waals surface area contributed by atoms with Gasteiger partial charge in [-0.3, -0.25) is 0 Å². The van der Waals surface area contributed by atoms with Crippen molar-refractivity contribution in [3.8, 4) is 22.6 Å². The van der Waals surface area contributed by atoms with E-state index in [4.69, 9.17) is 9.42 Å². The van der Waals surface area contributed by atoms with Crippen molar-refractivity contribution >= 4 is 8.25 Å². The highest BCUT2D eigenvalue weighted by atomic mass is 31.1. The fourth-order valence-corrected chi connectivity index (χ4v) is 1.94. The first-order valence-electron chi connectivity index (χ1n) is 4.96. The molecule has 0 aliphatic carbocycles. The molecule has 4 nitrogen and oxygen atoms in total. The maximum Gasteiger partial charge on any atom is 0.365 e. The lowest BCUT2D eigenvalue weighted by Gasteiger charge is -2.10. The van der Waals surface area contributed by atoms with Gasteiger partial charge in [-0.1, -0.05) is 36.4 Å². The number of para-hydroxylation sites is 2. The molecule has 0 spiro atoms. The SMILES string of the molecule is O=[PH](O)Oc1ccccc1-c1ccccc1O. The van der Waals surface area contributed by atoms with Gasteiger partial charge in [0.25, 0.3) is 0 Å². The van der Waals surface area contributed by atoms with Gasteiger partial charge in [0.05, 0.1) is 0 Å². The minimum absolute atomic E-state index is 0.0983. The molecular weight excluding hydrogens is 239 g/mol. The minimum atomic E-state index is -3.06. The van der Waals surface area contributed by atoms with E-state index >= 15 is 0 Å². The van der Waals surface area contributed by atoms with Gasteiger partial charge in [0.1, 0.15) is 11.5 Å². The van der Waals surface area contributed by atoms with E-state index in [1.165, 1.54) is 0 Å². The molecule has 0 radical (unpaired) electrons. The Bertz CT molecular complexity index is 554. The van der Waals surface area contributed by atoms with Crippen molar-refractivity contribution in [1.82, 2.24) is 0 Å². The lowest BCUT2D eigenvalue weighted by molar-refractivity contribution is 0.411. The van der Waals surface area contributed by atoms with E-state index in [0.29, 0.717) is 11.1 Å². The van der Waals surface area contributed by atoms with Crippen molar-refractivity contribution in [2.45, 2.75) is 0 Å². The molecule has 88 valence electrons. The molecule has 0 heterocycles. The lowest BCUT2D eigenvalue weighted by atomic mass is 10.0. The summed E-state index contributed by atoms with van der Waals surface area (Å²) in [5, 5.41) is 9.73. The first-order chi connectivity index (χ1) is 8.18.